The van der Waals surface area contributed by atoms with Gasteiger partial charge in [-0.25, -0.2) is 0 Å². The average Bonchev–Trinajstić information content (AvgIpc) is 2.36. The molecule has 0 radical (unpaired) electrons. The van der Waals surface area contributed by atoms with Crippen LogP contribution in [0.15, 0.2) is 0 Å². The third-order valence-electron chi connectivity index (χ3n) is 3.67. The highest BCUT2D eigenvalue weighted by atomic mass is 16.3. The maximum Gasteiger partial charge on any atom is 0.223 e. The van der Waals surface area contributed by atoms with Crippen molar-refractivity contribution in [3.8, 4) is 0 Å². The van der Waals surface area contributed by atoms with E-state index in [2.05, 4.69) is 19.2 Å². The minimum atomic E-state index is -0.782. The van der Waals surface area contributed by atoms with Crippen LogP contribution in [-0.2, 0) is 4.79 Å². The summed E-state index contributed by atoms with van der Waals surface area (Å²) in [6, 6.07) is 0. The molecule has 3 heteroatoms. The second-order valence-electron chi connectivity index (χ2n) is 5.52. The molecule has 2 N–H and O–H groups in total. The highest BCUT2D eigenvalue weighted by molar-refractivity contribution is 5.78. The molecule has 108 valence electrons. The molecule has 0 aromatic heterocycles. The van der Waals surface area contributed by atoms with E-state index in [0.29, 0.717) is 13.0 Å². The first-order valence-electron chi connectivity index (χ1n) is 7.46. The smallest absolute Gasteiger partial charge is 0.223 e. The average molecular weight is 257 g/mol. The molecular formula is C15H31NO2. The van der Waals surface area contributed by atoms with Crippen LogP contribution in [0, 0.1) is 5.92 Å². The van der Waals surface area contributed by atoms with E-state index in [1.165, 1.54) is 19.3 Å². The molecule has 0 spiro atoms. The number of carbonyl (C=O) groups is 1. The maximum atomic E-state index is 12.0. The number of hydrogen-bond donors (Lipinski definition) is 2. The lowest BCUT2D eigenvalue weighted by Crippen LogP contribution is -2.42. The Balaban J connectivity index is 3.96. The van der Waals surface area contributed by atoms with Crippen LogP contribution in [0.25, 0.3) is 0 Å². The zero-order valence-corrected chi connectivity index (χ0v) is 12.6. The second kappa shape index (κ2) is 9.37. The van der Waals surface area contributed by atoms with Gasteiger partial charge in [-0.15, -0.1) is 0 Å². The lowest BCUT2D eigenvalue weighted by atomic mass is 9.96. The van der Waals surface area contributed by atoms with E-state index in [4.69, 9.17) is 0 Å². The van der Waals surface area contributed by atoms with Gasteiger partial charge in [-0.1, -0.05) is 46.5 Å². The van der Waals surface area contributed by atoms with E-state index in [0.717, 1.165) is 19.3 Å². The molecular weight excluding hydrogens is 226 g/mol. The fraction of sp³-hybridized carbons (Fsp3) is 0.933. The third-order valence-corrected chi connectivity index (χ3v) is 3.67. The molecule has 1 amide bonds. The Morgan fingerprint density at radius 3 is 2.39 bits per heavy atom. The Labute approximate surface area is 112 Å². The first-order chi connectivity index (χ1) is 8.46. The number of unbranched alkanes of at least 4 members (excludes halogenated alkanes) is 3. The predicted octanol–water partition coefficient (Wildman–Crippen LogP) is 3.26. The second-order valence-corrected chi connectivity index (χ2v) is 5.52. The zero-order chi connectivity index (χ0) is 14.0. The molecule has 0 aliphatic heterocycles. The van der Waals surface area contributed by atoms with Gasteiger partial charge >= 0.3 is 0 Å². The van der Waals surface area contributed by atoms with Gasteiger partial charge in [0.25, 0.3) is 0 Å². The minimum absolute atomic E-state index is 0.0997. The molecule has 0 unspecified atom stereocenters. The number of rotatable bonds is 10. The minimum Gasteiger partial charge on any atom is -0.388 e. The summed E-state index contributed by atoms with van der Waals surface area (Å²) in [6.07, 6.45) is 7.32. The Morgan fingerprint density at radius 1 is 1.22 bits per heavy atom. The summed E-state index contributed by atoms with van der Waals surface area (Å²) in [4.78, 5) is 12.0. The van der Waals surface area contributed by atoms with Gasteiger partial charge in [0.05, 0.1) is 5.60 Å². The van der Waals surface area contributed by atoms with Crippen molar-refractivity contribution in [2.24, 2.45) is 5.92 Å². The number of carbonyl (C=O) groups excluding carboxylic acids is 1. The van der Waals surface area contributed by atoms with Crippen LogP contribution in [0.2, 0.25) is 0 Å². The predicted molar refractivity (Wildman–Crippen MR) is 76.5 cm³/mol. The van der Waals surface area contributed by atoms with Gasteiger partial charge in [0.1, 0.15) is 0 Å². The van der Waals surface area contributed by atoms with E-state index in [-0.39, 0.29) is 11.8 Å². The molecule has 0 heterocycles. The first kappa shape index (κ1) is 17.4. The summed E-state index contributed by atoms with van der Waals surface area (Å²) in [7, 11) is 0. The summed E-state index contributed by atoms with van der Waals surface area (Å²) >= 11 is 0. The van der Waals surface area contributed by atoms with Crippen LogP contribution < -0.4 is 5.32 Å². The fourth-order valence-electron chi connectivity index (χ4n) is 1.88. The van der Waals surface area contributed by atoms with Gasteiger partial charge in [0, 0.05) is 12.5 Å². The zero-order valence-electron chi connectivity index (χ0n) is 12.6. The van der Waals surface area contributed by atoms with E-state index < -0.39 is 5.60 Å². The third kappa shape index (κ3) is 7.70. The van der Waals surface area contributed by atoms with E-state index in [1.54, 1.807) is 6.92 Å². The van der Waals surface area contributed by atoms with Gasteiger partial charge in [-0.05, 0) is 26.2 Å². The van der Waals surface area contributed by atoms with Crippen molar-refractivity contribution in [1.29, 1.82) is 0 Å². The molecule has 2 atom stereocenters. The van der Waals surface area contributed by atoms with Crippen molar-refractivity contribution >= 4 is 5.91 Å². The summed E-state index contributed by atoms with van der Waals surface area (Å²) in [6.45, 7) is 8.29. The van der Waals surface area contributed by atoms with Crippen molar-refractivity contribution in [2.45, 2.75) is 78.2 Å². The fourth-order valence-corrected chi connectivity index (χ4v) is 1.88. The van der Waals surface area contributed by atoms with Crippen LogP contribution in [-0.4, -0.2) is 23.2 Å². The molecule has 0 rings (SSSR count). The Kier molecular flexibility index (Phi) is 9.08. The topological polar surface area (TPSA) is 49.3 Å². The number of hydrogen-bond acceptors (Lipinski definition) is 2. The van der Waals surface area contributed by atoms with E-state index >= 15 is 0 Å². The molecule has 0 fully saturated rings. The summed E-state index contributed by atoms with van der Waals surface area (Å²) in [5.41, 5.74) is -0.782. The largest absolute Gasteiger partial charge is 0.388 e. The van der Waals surface area contributed by atoms with Crippen LogP contribution in [0.1, 0.15) is 72.6 Å². The molecule has 0 saturated heterocycles. The Morgan fingerprint density at radius 2 is 1.89 bits per heavy atom. The van der Waals surface area contributed by atoms with Gasteiger partial charge in [0.2, 0.25) is 5.91 Å². The van der Waals surface area contributed by atoms with Gasteiger partial charge in [0.15, 0.2) is 0 Å². The lowest BCUT2D eigenvalue weighted by molar-refractivity contribution is -0.126. The van der Waals surface area contributed by atoms with Crippen molar-refractivity contribution in [1.82, 2.24) is 5.32 Å². The van der Waals surface area contributed by atoms with E-state index in [1.807, 2.05) is 6.92 Å². The summed E-state index contributed by atoms with van der Waals surface area (Å²) in [5.74, 6) is 0.206. The van der Waals surface area contributed by atoms with Crippen LogP contribution in [0.3, 0.4) is 0 Å². The molecule has 0 saturated carbocycles. The SMILES string of the molecule is CCCCCC[C@H](CC)C(=O)NC[C@@](C)(O)CC. The molecule has 0 aromatic rings. The van der Waals surface area contributed by atoms with Crippen molar-refractivity contribution in [2.75, 3.05) is 6.54 Å². The number of amides is 1. The van der Waals surface area contributed by atoms with Gasteiger partial charge in [-0.2, -0.15) is 0 Å². The van der Waals surface area contributed by atoms with E-state index in [9.17, 15) is 9.90 Å². The molecule has 18 heavy (non-hydrogen) atoms. The Bertz CT molecular complexity index is 227. The van der Waals surface area contributed by atoms with Crippen LogP contribution in [0.4, 0.5) is 0 Å². The molecule has 0 aliphatic rings. The summed E-state index contributed by atoms with van der Waals surface area (Å²) < 4.78 is 0. The van der Waals surface area contributed by atoms with Gasteiger partial charge < -0.3 is 10.4 Å². The molecule has 3 nitrogen and oxygen atoms in total. The lowest BCUT2D eigenvalue weighted by Gasteiger charge is -2.23. The number of aliphatic hydroxyl groups is 1. The van der Waals surface area contributed by atoms with Crippen molar-refractivity contribution in [3.63, 3.8) is 0 Å². The maximum absolute atomic E-state index is 12.0. The Hall–Kier alpha value is -0.570. The van der Waals surface area contributed by atoms with Crippen LogP contribution in [0.5, 0.6) is 0 Å². The highest BCUT2D eigenvalue weighted by Crippen LogP contribution is 2.15. The van der Waals surface area contributed by atoms with Crippen molar-refractivity contribution in [3.05, 3.63) is 0 Å². The normalized spacial score (nSPS) is 16.1. The monoisotopic (exact) mass is 257 g/mol. The molecule has 0 aliphatic carbocycles. The molecule has 0 aromatic carbocycles. The van der Waals surface area contributed by atoms with Gasteiger partial charge in [-0.3, -0.25) is 4.79 Å². The molecule has 0 bridgehead atoms. The number of nitrogens with one attached hydrogen (secondary N) is 1. The van der Waals surface area contributed by atoms with Crippen LogP contribution >= 0.6 is 0 Å². The van der Waals surface area contributed by atoms with Crippen molar-refractivity contribution < 1.29 is 9.90 Å². The standard InChI is InChI=1S/C15H31NO2/c1-5-8-9-10-11-13(6-2)14(17)16-12-15(4,18)7-3/h13,18H,5-12H2,1-4H3,(H,16,17)/t13-,15-/m0/s1. The summed E-state index contributed by atoms with van der Waals surface area (Å²) in [5, 5.41) is 12.7. The quantitative estimate of drug-likeness (QED) is 0.590. The highest BCUT2D eigenvalue weighted by Gasteiger charge is 2.21. The first-order valence-corrected chi connectivity index (χ1v) is 7.46.